The summed E-state index contributed by atoms with van der Waals surface area (Å²) in [5.41, 5.74) is 6.21. The number of halogens is 2. The Morgan fingerprint density at radius 2 is 2.05 bits per heavy atom. The molecule has 1 aliphatic rings. The van der Waals surface area contributed by atoms with Crippen molar-refractivity contribution in [2.75, 3.05) is 23.8 Å². The summed E-state index contributed by atoms with van der Waals surface area (Å²) >= 11 is 11.8. The largest absolute Gasteiger partial charge is 0.397 e. The quantitative estimate of drug-likeness (QED) is 0.793. The summed E-state index contributed by atoms with van der Waals surface area (Å²) in [6.07, 6.45) is 0. The molecule has 2 rings (SSSR count). The minimum Gasteiger partial charge on any atom is -0.397 e. The highest BCUT2D eigenvalue weighted by Crippen LogP contribution is 2.30. The normalized spacial score (nSPS) is 21.8. The molecule has 1 aromatic carbocycles. The third-order valence-electron chi connectivity index (χ3n) is 3.23. The number of hydrogen-bond donors (Lipinski definition) is 1. The Balaban J connectivity index is 2.28. The molecule has 0 spiro atoms. The van der Waals surface area contributed by atoms with Crippen molar-refractivity contribution in [1.82, 2.24) is 4.90 Å². The van der Waals surface area contributed by atoms with Crippen molar-refractivity contribution in [3.63, 3.8) is 0 Å². The summed E-state index contributed by atoms with van der Waals surface area (Å²) in [5, 5.41) is 0.407. The second-order valence-corrected chi connectivity index (χ2v) is 7.84. The maximum atomic E-state index is 12.4. The van der Waals surface area contributed by atoms with E-state index in [0.717, 1.165) is 0 Å². The molecule has 0 aliphatic carbocycles. The van der Waals surface area contributed by atoms with Gasteiger partial charge in [0.2, 0.25) is 0 Å². The minimum absolute atomic E-state index is 0.0279. The van der Waals surface area contributed by atoms with Gasteiger partial charge in [0.15, 0.2) is 9.84 Å². The lowest BCUT2D eigenvalue weighted by Crippen LogP contribution is -2.49. The van der Waals surface area contributed by atoms with Crippen LogP contribution in [0.5, 0.6) is 0 Å². The molecule has 1 unspecified atom stereocenters. The van der Waals surface area contributed by atoms with Gasteiger partial charge in [-0.15, -0.1) is 0 Å². The van der Waals surface area contributed by atoms with Gasteiger partial charge >= 0.3 is 0 Å². The Kier molecular flexibility index (Phi) is 4.18. The van der Waals surface area contributed by atoms with E-state index < -0.39 is 9.84 Å². The lowest BCUT2D eigenvalue weighted by molar-refractivity contribution is 0.0712. The number of benzene rings is 1. The second-order valence-electron chi connectivity index (χ2n) is 4.82. The summed E-state index contributed by atoms with van der Waals surface area (Å²) in [7, 11) is -3.07. The average molecular weight is 337 g/mol. The van der Waals surface area contributed by atoms with Gasteiger partial charge in [-0.3, -0.25) is 4.79 Å². The van der Waals surface area contributed by atoms with E-state index in [9.17, 15) is 13.2 Å². The molecular weight excluding hydrogens is 323 g/mol. The van der Waals surface area contributed by atoms with Crippen LogP contribution in [0.3, 0.4) is 0 Å². The van der Waals surface area contributed by atoms with Crippen molar-refractivity contribution < 1.29 is 13.2 Å². The van der Waals surface area contributed by atoms with Crippen molar-refractivity contribution in [3.8, 4) is 0 Å². The van der Waals surface area contributed by atoms with Gasteiger partial charge in [0.1, 0.15) is 0 Å². The number of amides is 1. The fourth-order valence-electron chi connectivity index (χ4n) is 2.20. The topological polar surface area (TPSA) is 80.5 Å². The van der Waals surface area contributed by atoms with Gasteiger partial charge in [0.05, 0.1) is 27.2 Å². The Morgan fingerprint density at radius 1 is 1.40 bits per heavy atom. The lowest BCUT2D eigenvalue weighted by atomic mass is 10.1. The molecule has 1 fully saturated rings. The van der Waals surface area contributed by atoms with Gasteiger partial charge in [-0.25, -0.2) is 8.42 Å². The van der Waals surface area contributed by atoms with Crippen LogP contribution in [-0.4, -0.2) is 43.3 Å². The highest BCUT2D eigenvalue weighted by molar-refractivity contribution is 7.91. The zero-order chi connectivity index (χ0) is 15.1. The van der Waals surface area contributed by atoms with E-state index in [1.807, 2.05) is 0 Å². The van der Waals surface area contributed by atoms with Gasteiger partial charge in [0.25, 0.3) is 5.91 Å². The third kappa shape index (κ3) is 3.02. The maximum absolute atomic E-state index is 12.4. The number of sulfone groups is 1. The minimum atomic E-state index is -3.07. The highest BCUT2D eigenvalue weighted by atomic mass is 35.5. The number of carbonyl (C=O) groups excluding carboxylic acids is 1. The summed E-state index contributed by atoms with van der Waals surface area (Å²) in [6.45, 7) is 1.87. The average Bonchev–Trinajstić information content (AvgIpc) is 2.33. The molecule has 0 aromatic heterocycles. The van der Waals surface area contributed by atoms with E-state index in [-0.39, 0.29) is 45.7 Å². The monoisotopic (exact) mass is 336 g/mol. The van der Waals surface area contributed by atoms with Crippen molar-refractivity contribution in [2.24, 2.45) is 0 Å². The number of hydrogen-bond acceptors (Lipinski definition) is 4. The predicted molar refractivity (Wildman–Crippen MR) is 80.0 cm³/mol. The van der Waals surface area contributed by atoms with E-state index >= 15 is 0 Å². The summed E-state index contributed by atoms with van der Waals surface area (Å²) in [4.78, 5) is 13.9. The van der Waals surface area contributed by atoms with Crippen molar-refractivity contribution in [1.29, 1.82) is 0 Å². The van der Waals surface area contributed by atoms with Gasteiger partial charge in [-0.05, 0) is 19.1 Å². The van der Waals surface area contributed by atoms with Gasteiger partial charge in [-0.2, -0.15) is 0 Å². The molecule has 20 heavy (non-hydrogen) atoms. The zero-order valence-electron chi connectivity index (χ0n) is 10.8. The third-order valence-corrected chi connectivity index (χ3v) is 5.85. The predicted octanol–water partition coefficient (Wildman–Crippen LogP) is 1.83. The molecule has 1 aromatic rings. The Labute approximate surface area is 127 Å². The first-order valence-corrected chi connectivity index (χ1v) is 8.55. The fourth-order valence-corrected chi connectivity index (χ4v) is 4.09. The highest BCUT2D eigenvalue weighted by Gasteiger charge is 2.32. The number of anilines is 1. The Morgan fingerprint density at radius 3 is 2.60 bits per heavy atom. The van der Waals surface area contributed by atoms with Crippen LogP contribution >= 0.6 is 23.2 Å². The molecule has 1 heterocycles. The molecule has 1 atom stereocenters. The lowest BCUT2D eigenvalue weighted by Gasteiger charge is -2.33. The first kappa shape index (κ1) is 15.4. The molecular formula is C12H14Cl2N2O3S. The van der Waals surface area contributed by atoms with Crippen LogP contribution in [0.15, 0.2) is 12.1 Å². The van der Waals surface area contributed by atoms with Crippen molar-refractivity contribution >= 4 is 44.6 Å². The molecule has 110 valence electrons. The van der Waals surface area contributed by atoms with E-state index in [2.05, 4.69) is 0 Å². The van der Waals surface area contributed by atoms with Crippen LogP contribution in [-0.2, 0) is 9.84 Å². The van der Waals surface area contributed by atoms with Crippen LogP contribution in [0, 0.1) is 0 Å². The first-order chi connectivity index (χ1) is 9.21. The standard InChI is InChI=1S/C12H14Cl2N2O3S/c1-7-6-20(18,19)3-2-16(7)12(17)8-4-9(13)11(14)10(15)5-8/h4-5,7H,2-3,6,15H2,1H3. The van der Waals surface area contributed by atoms with Crippen molar-refractivity contribution in [2.45, 2.75) is 13.0 Å². The molecule has 1 amide bonds. The number of nitrogens with two attached hydrogens (primary N) is 1. The Hall–Kier alpha value is -0.980. The molecule has 5 nitrogen and oxygen atoms in total. The number of nitrogen functional groups attached to an aromatic ring is 1. The fraction of sp³-hybridized carbons (Fsp3) is 0.417. The molecule has 8 heteroatoms. The second kappa shape index (κ2) is 5.42. The zero-order valence-corrected chi connectivity index (χ0v) is 13.1. The number of nitrogens with zero attached hydrogens (tertiary/aromatic N) is 1. The van der Waals surface area contributed by atoms with Gasteiger partial charge < -0.3 is 10.6 Å². The first-order valence-electron chi connectivity index (χ1n) is 5.97. The summed E-state index contributed by atoms with van der Waals surface area (Å²) in [5.74, 6) is -0.354. The Bertz CT molecular complexity index is 638. The van der Waals surface area contributed by atoms with Crippen molar-refractivity contribution in [3.05, 3.63) is 27.7 Å². The van der Waals surface area contributed by atoms with E-state index in [0.29, 0.717) is 5.56 Å². The maximum Gasteiger partial charge on any atom is 0.254 e. The van der Waals surface area contributed by atoms with Crippen LogP contribution in [0.25, 0.3) is 0 Å². The van der Waals surface area contributed by atoms with Gasteiger partial charge in [-0.1, -0.05) is 23.2 Å². The van der Waals surface area contributed by atoms with Crippen LogP contribution in [0.1, 0.15) is 17.3 Å². The van der Waals surface area contributed by atoms with Crippen LogP contribution in [0.2, 0.25) is 10.0 Å². The van der Waals surface area contributed by atoms with Crippen LogP contribution in [0.4, 0.5) is 5.69 Å². The van der Waals surface area contributed by atoms with Crippen LogP contribution < -0.4 is 5.73 Å². The number of rotatable bonds is 1. The molecule has 0 saturated carbocycles. The molecule has 2 N–H and O–H groups in total. The van der Waals surface area contributed by atoms with E-state index in [1.165, 1.54) is 17.0 Å². The molecule has 1 aliphatic heterocycles. The SMILES string of the molecule is CC1CS(=O)(=O)CCN1C(=O)c1cc(N)c(Cl)c(Cl)c1. The van der Waals surface area contributed by atoms with E-state index in [4.69, 9.17) is 28.9 Å². The van der Waals surface area contributed by atoms with Gasteiger partial charge in [0, 0.05) is 18.2 Å². The summed E-state index contributed by atoms with van der Waals surface area (Å²) < 4.78 is 23.0. The molecule has 1 saturated heterocycles. The van der Waals surface area contributed by atoms with E-state index in [1.54, 1.807) is 6.92 Å². The molecule has 0 bridgehead atoms. The number of carbonyl (C=O) groups is 1. The smallest absolute Gasteiger partial charge is 0.254 e. The molecule has 0 radical (unpaired) electrons. The summed E-state index contributed by atoms with van der Waals surface area (Å²) in [6, 6.07) is 2.52.